The monoisotopic (exact) mass is 422 g/mol. The number of nitrogens with zero attached hydrogens (tertiary/aromatic N) is 2. The van der Waals surface area contributed by atoms with E-state index in [0.29, 0.717) is 0 Å². The van der Waals surface area contributed by atoms with Crippen LogP contribution in [0.4, 0.5) is 11.4 Å². The molecule has 0 unspecified atom stereocenters. The van der Waals surface area contributed by atoms with Crippen molar-refractivity contribution in [3.8, 4) is 5.75 Å². The minimum atomic E-state index is -4.25. The van der Waals surface area contributed by atoms with Gasteiger partial charge >= 0.3 is 5.97 Å². The van der Waals surface area contributed by atoms with Crippen molar-refractivity contribution >= 4 is 27.4 Å². The molecular weight excluding hydrogens is 400 g/mol. The molecule has 0 radical (unpaired) electrons. The summed E-state index contributed by atoms with van der Waals surface area (Å²) in [5, 5.41) is 11.2. The number of aryl methyl sites for hydroxylation is 1. The molecule has 0 aliphatic rings. The second-order valence-electron chi connectivity index (χ2n) is 6.48. The zero-order valence-corrected chi connectivity index (χ0v) is 17.3. The van der Waals surface area contributed by atoms with Crippen molar-refractivity contribution in [2.24, 2.45) is 0 Å². The third-order valence-electron chi connectivity index (χ3n) is 3.89. The predicted molar refractivity (Wildman–Crippen MR) is 107 cm³/mol. The number of sulfonamides is 1. The van der Waals surface area contributed by atoms with E-state index in [-0.39, 0.29) is 22.0 Å². The number of methoxy groups -OCH3 is 1. The quantitative estimate of drug-likeness (QED) is 0.365. The third-order valence-corrected chi connectivity index (χ3v) is 5.66. The van der Waals surface area contributed by atoms with E-state index in [9.17, 15) is 23.3 Å². The number of nitro groups is 1. The highest BCUT2D eigenvalue weighted by Crippen LogP contribution is 2.35. The summed E-state index contributed by atoms with van der Waals surface area (Å²) in [7, 11) is -2.95. The number of hydrogen-bond acceptors (Lipinski definition) is 7. The molecule has 0 bridgehead atoms. The van der Waals surface area contributed by atoms with Gasteiger partial charge in [-0.3, -0.25) is 19.2 Å². The molecule has 0 atom stereocenters. The van der Waals surface area contributed by atoms with Crippen LogP contribution in [0, 0.1) is 17.0 Å². The molecule has 0 heterocycles. The van der Waals surface area contributed by atoms with E-state index in [2.05, 4.69) is 0 Å². The lowest BCUT2D eigenvalue weighted by Crippen LogP contribution is -2.37. The highest BCUT2D eigenvalue weighted by Gasteiger charge is 2.31. The maximum absolute atomic E-state index is 13.3. The van der Waals surface area contributed by atoms with Crippen LogP contribution in [0.3, 0.4) is 0 Å². The molecule has 0 amide bonds. The van der Waals surface area contributed by atoms with Crippen LogP contribution < -0.4 is 9.04 Å². The van der Waals surface area contributed by atoms with Crippen LogP contribution in [0.25, 0.3) is 0 Å². The summed E-state index contributed by atoms with van der Waals surface area (Å²) in [6, 6.07) is 9.53. The molecule has 0 saturated carbocycles. The van der Waals surface area contributed by atoms with Crippen LogP contribution in [0.1, 0.15) is 19.4 Å². The normalized spacial score (nSPS) is 11.2. The average Bonchev–Trinajstić information content (AvgIpc) is 2.65. The molecule has 2 rings (SSSR count). The van der Waals surface area contributed by atoms with Crippen LogP contribution in [0.5, 0.6) is 5.75 Å². The number of non-ortho nitro benzene ring substituents is 1. The van der Waals surface area contributed by atoms with Gasteiger partial charge in [-0.25, -0.2) is 8.42 Å². The molecule has 0 aliphatic heterocycles. The van der Waals surface area contributed by atoms with E-state index in [1.54, 1.807) is 32.9 Å². The van der Waals surface area contributed by atoms with Crippen molar-refractivity contribution in [1.82, 2.24) is 0 Å². The number of esters is 1. The topological polar surface area (TPSA) is 116 Å². The first-order chi connectivity index (χ1) is 13.6. The summed E-state index contributed by atoms with van der Waals surface area (Å²) in [5.74, 6) is -0.743. The van der Waals surface area contributed by atoms with Crippen LogP contribution in [0.15, 0.2) is 47.4 Å². The lowest BCUT2D eigenvalue weighted by Gasteiger charge is -2.25. The zero-order chi connectivity index (χ0) is 21.8. The van der Waals surface area contributed by atoms with E-state index in [1.807, 2.05) is 0 Å². The van der Waals surface area contributed by atoms with Crippen molar-refractivity contribution in [3.63, 3.8) is 0 Å². The van der Waals surface area contributed by atoms with Gasteiger partial charge in [-0.1, -0.05) is 17.7 Å². The molecule has 0 N–H and O–H groups in total. The van der Waals surface area contributed by atoms with Crippen molar-refractivity contribution in [1.29, 1.82) is 0 Å². The molecule has 0 saturated heterocycles. The largest absolute Gasteiger partial charge is 0.495 e. The molecule has 9 nitrogen and oxygen atoms in total. The highest BCUT2D eigenvalue weighted by atomic mass is 32.2. The van der Waals surface area contributed by atoms with Gasteiger partial charge in [-0.05, 0) is 39.0 Å². The van der Waals surface area contributed by atoms with Crippen LogP contribution >= 0.6 is 0 Å². The smallest absolute Gasteiger partial charge is 0.327 e. The molecule has 2 aromatic carbocycles. The Morgan fingerprint density at radius 3 is 2.31 bits per heavy atom. The summed E-state index contributed by atoms with van der Waals surface area (Å²) < 4.78 is 37.6. The summed E-state index contributed by atoms with van der Waals surface area (Å²) >= 11 is 0. The van der Waals surface area contributed by atoms with E-state index < -0.39 is 33.6 Å². The summed E-state index contributed by atoms with van der Waals surface area (Å²) in [6.07, 6.45) is -0.460. The van der Waals surface area contributed by atoms with Gasteiger partial charge in [0.25, 0.3) is 15.7 Å². The Morgan fingerprint density at radius 2 is 1.79 bits per heavy atom. The van der Waals surface area contributed by atoms with Crippen LogP contribution in [-0.2, 0) is 19.6 Å². The van der Waals surface area contributed by atoms with E-state index >= 15 is 0 Å². The highest BCUT2D eigenvalue weighted by molar-refractivity contribution is 7.92. The molecule has 10 heteroatoms. The maximum atomic E-state index is 13.3. The second-order valence-corrected chi connectivity index (χ2v) is 8.34. The first-order valence-electron chi connectivity index (χ1n) is 8.67. The number of nitro benzene ring substituents is 1. The van der Waals surface area contributed by atoms with Gasteiger partial charge in [-0.2, -0.15) is 0 Å². The Hall–Kier alpha value is -3.14. The van der Waals surface area contributed by atoms with Crippen LogP contribution in [0.2, 0.25) is 0 Å². The van der Waals surface area contributed by atoms with Gasteiger partial charge in [0, 0.05) is 12.1 Å². The fraction of sp³-hybridized carbons (Fsp3) is 0.316. The second kappa shape index (κ2) is 8.91. The molecule has 0 aromatic heterocycles. The Morgan fingerprint density at radius 1 is 1.17 bits per heavy atom. The molecule has 156 valence electrons. The number of hydrogen-bond donors (Lipinski definition) is 0. The van der Waals surface area contributed by atoms with Crippen molar-refractivity contribution < 1.29 is 27.6 Å². The van der Waals surface area contributed by atoms with Gasteiger partial charge in [0.15, 0.2) is 0 Å². The van der Waals surface area contributed by atoms with E-state index in [0.717, 1.165) is 15.9 Å². The lowest BCUT2D eigenvalue weighted by atomic mass is 10.2. The predicted octanol–water partition coefficient (Wildman–Crippen LogP) is 3.06. The molecule has 29 heavy (non-hydrogen) atoms. The lowest BCUT2D eigenvalue weighted by molar-refractivity contribution is -0.384. The molecule has 2 aromatic rings. The molecule has 0 spiro atoms. The van der Waals surface area contributed by atoms with E-state index in [1.165, 1.54) is 31.4 Å². The van der Waals surface area contributed by atoms with E-state index in [4.69, 9.17) is 9.47 Å². The van der Waals surface area contributed by atoms with Gasteiger partial charge in [0.05, 0.1) is 23.0 Å². The Bertz CT molecular complexity index is 1000. The first kappa shape index (κ1) is 22.2. The number of rotatable bonds is 8. The standard InChI is InChI=1S/C19H22N2O7S/c1-13(2)28-19(22)12-20(29(25,26)16-8-5-14(3)6-9-16)17-11-15(21(23)24)7-10-18(17)27-4/h5-11,13H,12H2,1-4H3. The fourth-order valence-corrected chi connectivity index (χ4v) is 3.95. The van der Waals surface area contributed by atoms with Crippen molar-refractivity contribution in [2.75, 3.05) is 18.0 Å². The number of carbonyl (C=O) groups excluding carboxylic acids is 1. The summed E-state index contributed by atoms with van der Waals surface area (Å²) in [6.45, 7) is 4.39. The third kappa shape index (κ3) is 5.23. The number of carbonyl (C=O) groups is 1. The number of benzene rings is 2. The zero-order valence-electron chi connectivity index (χ0n) is 16.5. The molecule has 0 aliphatic carbocycles. The van der Waals surface area contributed by atoms with Gasteiger partial charge in [-0.15, -0.1) is 0 Å². The van der Waals surface area contributed by atoms with Crippen molar-refractivity contribution in [2.45, 2.75) is 31.8 Å². The van der Waals surface area contributed by atoms with Crippen molar-refractivity contribution in [3.05, 3.63) is 58.1 Å². The minimum Gasteiger partial charge on any atom is -0.495 e. The Balaban J connectivity index is 2.65. The van der Waals surface area contributed by atoms with Gasteiger partial charge < -0.3 is 9.47 Å². The summed E-state index contributed by atoms with van der Waals surface area (Å²) in [4.78, 5) is 22.8. The van der Waals surface area contributed by atoms with Crippen LogP contribution in [-0.4, -0.2) is 39.1 Å². The first-order valence-corrected chi connectivity index (χ1v) is 10.1. The number of ether oxygens (including phenoxy) is 2. The molecule has 0 fully saturated rings. The minimum absolute atomic E-state index is 0.0589. The SMILES string of the molecule is COc1ccc([N+](=O)[O-])cc1N(CC(=O)OC(C)C)S(=O)(=O)c1ccc(C)cc1. The maximum Gasteiger partial charge on any atom is 0.327 e. The Kier molecular flexibility index (Phi) is 6.80. The Labute approximate surface area is 169 Å². The molecular formula is C19H22N2O7S. The van der Waals surface area contributed by atoms with Gasteiger partial charge in [0.1, 0.15) is 18.0 Å². The average molecular weight is 422 g/mol. The summed E-state index contributed by atoms with van der Waals surface area (Å²) in [5.41, 5.74) is 0.368. The van der Waals surface area contributed by atoms with Gasteiger partial charge in [0.2, 0.25) is 0 Å². The number of anilines is 1. The fourth-order valence-electron chi connectivity index (χ4n) is 2.54.